The van der Waals surface area contributed by atoms with E-state index in [1.807, 2.05) is 25.1 Å². The molecule has 3 heterocycles. The number of thiophene rings is 1. The van der Waals surface area contributed by atoms with Crippen molar-refractivity contribution in [1.82, 2.24) is 4.31 Å². The summed E-state index contributed by atoms with van der Waals surface area (Å²) in [5, 5.41) is 6.28. The maximum atomic E-state index is 13.3. The highest BCUT2D eigenvalue weighted by molar-refractivity contribution is 7.91. The number of carbonyl (C=O) groups excluding carboxylic acids is 2. The van der Waals surface area contributed by atoms with Gasteiger partial charge in [0.15, 0.2) is 0 Å². The Balaban J connectivity index is 1.49. The van der Waals surface area contributed by atoms with Crippen molar-refractivity contribution in [2.24, 2.45) is 0 Å². The maximum Gasteiger partial charge on any atom is 0.258 e. The fraction of sp³-hybridized carbons (Fsp3) is 0.304. The first-order valence-electron chi connectivity index (χ1n) is 10.7. The van der Waals surface area contributed by atoms with Crippen molar-refractivity contribution in [3.8, 4) is 0 Å². The molecule has 0 radical (unpaired) electrons. The predicted octanol–water partition coefficient (Wildman–Crippen LogP) is 4.06. The molecule has 0 spiro atoms. The molecule has 2 aromatic carbocycles. The van der Waals surface area contributed by atoms with Crippen molar-refractivity contribution < 1.29 is 18.0 Å². The third-order valence-corrected chi connectivity index (χ3v) is 9.45. The molecule has 0 unspecified atom stereocenters. The first kappa shape index (κ1) is 21.1. The van der Waals surface area contributed by atoms with Crippen molar-refractivity contribution in [2.75, 3.05) is 23.3 Å². The molecule has 3 aromatic rings. The second-order valence-electron chi connectivity index (χ2n) is 7.96. The Kier molecular flexibility index (Phi) is 5.27. The van der Waals surface area contributed by atoms with Crippen LogP contribution >= 0.6 is 11.3 Å². The summed E-state index contributed by atoms with van der Waals surface area (Å²) in [4.78, 5) is 27.8. The van der Waals surface area contributed by atoms with Gasteiger partial charge in [0.1, 0.15) is 10.3 Å². The van der Waals surface area contributed by atoms with Gasteiger partial charge in [-0.05, 0) is 49.4 Å². The molecule has 2 aliphatic heterocycles. The van der Waals surface area contributed by atoms with Crippen LogP contribution in [0.1, 0.15) is 36.5 Å². The number of sulfonamides is 1. The molecule has 9 heteroatoms. The van der Waals surface area contributed by atoms with Crippen LogP contribution in [0.15, 0.2) is 52.1 Å². The SMILES string of the molecule is CCN1C(=O)c2cccc3c(NC(=O)[C@@H]4CCCCN4S(=O)(=O)c4cccs4)ccc1c23. The van der Waals surface area contributed by atoms with Crippen LogP contribution < -0.4 is 10.2 Å². The maximum absolute atomic E-state index is 13.3. The minimum absolute atomic E-state index is 0.0444. The number of amides is 2. The summed E-state index contributed by atoms with van der Waals surface area (Å²) in [7, 11) is -3.73. The average Bonchev–Trinajstić information content (AvgIpc) is 3.44. The van der Waals surface area contributed by atoms with E-state index in [0.29, 0.717) is 30.8 Å². The number of piperidine rings is 1. The fourth-order valence-electron chi connectivity index (χ4n) is 4.67. The summed E-state index contributed by atoms with van der Waals surface area (Å²) in [6.45, 7) is 2.81. The molecule has 0 aliphatic carbocycles. The van der Waals surface area contributed by atoms with Gasteiger partial charge in [-0.15, -0.1) is 11.3 Å². The Morgan fingerprint density at radius 1 is 1.16 bits per heavy atom. The molecular formula is C23H23N3O4S2. The van der Waals surface area contributed by atoms with E-state index in [1.54, 1.807) is 34.5 Å². The largest absolute Gasteiger partial charge is 0.324 e. The first-order valence-corrected chi connectivity index (χ1v) is 13.0. The smallest absolute Gasteiger partial charge is 0.258 e. The van der Waals surface area contributed by atoms with Gasteiger partial charge < -0.3 is 10.2 Å². The van der Waals surface area contributed by atoms with Gasteiger partial charge in [0.2, 0.25) is 5.91 Å². The van der Waals surface area contributed by atoms with Gasteiger partial charge in [-0.3, -0.25) is 9.59 Å². The summed E-state index contributed by atoms with van der Waals surface area (Å²) in [5.74, 6) is -0.390. The van der Waals surface area contributed by atoms with Crippen molar-refractivity contribution in [3.05, 3.63) is 53.4 Å². The zero-order valence-electron chi connectivity index (χ0n) is 17.6. The molecule has 5 rings (SSSR count). The second kappa shape index (κ2) is 7.99. The zero-order chi connectivity index (χ0) is 22.5. The predicted molar refractivity (Wildman–Crippen MR) is 126 cm³/mol. The van der Waals surface area contributed by atoms with E-state index in [2.05, 4.69) is 5.32 Å². The van der Waals surface area contributed by atoms with Crippen molar-refractivity contribution >= 4 is 55.3 Å². The van der Waals surface area contributed by atoms with Crippen molar-refractivity contribution in [3.63, 3.8) is 0 Å². The number of rotatable bonds is 5. The molecule has 7 nitrogen and oxygen atoms in total. The monoisotopic (exact) mass is 469 g/mol. The quantitative estimate of drug-likeness (QED) is 0.610. The van der Waals surface area contributed by atoms with Gasteiger partial charge >= 0.3 is 0 Å². The highest BCUT2D eigenvalue weighted by Crippen LogP contribution is 2.40. The number of hydrogen-bond donors (Lipinski definition) is 1. The number of benzene rings is 2. The molecule has 1 fully saturated rings. The Bertz CT molecular complexity index is 1320. The number of nitrogens with zero attached hydrogens (tertiary/aromatic N) is 2. The van der Waals surface area contributed by atoms with Gasteiger partial charge in [-0.25, -0.2) is 8.42 Å². The highest BCUT2D eigenvalue weighted by Gasteiger charge is 2.38. The molecular weight excluding hydrogens is 446 g/mol. The Morgan fingerprint density at radius 3 is 2.75 bits per heavy atom. The molecule has 2 amide bonds. The Morgan fingerprint density at radius 2 is 2.00 bits per heavy atom. The van der Waals surface area contributed by atoms with Crippen LogP contribution in [0.2, 0.25) is 0 Å². The average molecular weight is 470 g/mol. The molecule has 1 saturated heterocycles. The van der Waals surface area contributed by atoms with E-state index in [1.165, 1.54) is 4.31 Å². The van der Waals surface area contributed by atoms with Crippen LogP contribution in [0.4, 0.5) is 11.4 Å². The van der Waals surface area contributed by atoms with Gasteiger partial charge in [-0.2, -0.15) is 4.31 Å². The highest BCUT2D eigenvalue weighted by atomic mass is 32.2. The second-order valence-corrected chi connectivity index (χ2v) is 11.0. The molecule has 1 atom stereocenters. The lowest BCUT2D eigenvalue weighted by molar-refractivity contribution is -0.120. The van der Waals surface area contributed by atoms with E-state index in [-0.39, 0.29) is 16.0 Å². The van der Waals surface area contributed by atoms with Crippen LogP contribution in [0.3, 0.4) is 0 Å². The lowest BCUT2D eigenvalue weighted by atomic mass is 10.0. The normalized spacial score (nSPS) is 19.0. The Hall–Kier alpha value is -2.75. The van der Waals surface area contributed by atoms with Crippen molar-refractivity contribution in [2.45, 2.75) is 36.4 Å². The molecule has 1 N–H and O–H groups in total. The van der Waals surface area contributed by atoms with E-state index < -0.39 is 16.1 Å². The minimum Gasteiger partial charge on any atom is -0.324 e. The standard InChI is InChI=1S/C23H23N3O4S2/c1-2-25-18-12-11-17(15-7-5-8-16(21(15)18)23(25)28)24-22(27)19-9-3-4-13-26(19)32(29,30)20-10-6-14-31-20/h5-8,10-12,14,19H,2-4,9,13H2,1H3,(H,24,27)/t19-/m0/s1. The summed E-state index contributed by atoms with van der Waals surface area (Å²) in [5.41, 5.74) is 2.04. The number of anilines is 2. The summed E-state index contributed by atoms with van der Waals surface area (Å²) < 4.78 is 27.9. The summed E-state index contributed by atoms with van der Waals surface area (Å²) >= 11 is 1.16. The molecule has 2 aliphatic rings. The van der Waals surface area contributed by atoms with Gasteiger partial charge in [0.25, 0.3) is 15.9 Å². The number of carbonyl (C=O) groups is 2. The third-order valence-electron chi connectivity index (χ3n) is 6.17. The molecule has 32 heavy (non-hydrogen) atoms. The fourth-order valence-corrected chi connectivity index (χ4v) is 7.44. The van der Waals surface area contributed by atoms with E-state index in [0.717, 1.165) is 40.6 Å². The third kappa shape index (κ3) is 3.23. The van der Waals surface area contributed by atoms with E-state index in [9.17, 15) is 18.0 Å². The minimum atomic E-state index is -3.73. The van der Waals surface area contributed by atoms with Crippen LogP contribution in [-0.4, -0.2) is 43.7 Å². The van der Waals surface area contributed by atoms with E-state index in [4.69, 9.17) is 0 Å². The van der Waals surface area contributed by atoms with Crippen LogP contribution in [0.5, 0.6) is 0 Å². The molecule has 166 valence electrons. The van der Waals surface area contributed by atoms with Crippen LogP contribution in [0.25, 0.3) is 10.8 Å². The van der Waals surface area contributed by atoms with E-state index >= 15 is 0 Å². The zero-order valence-corrected chi connectivity index (χ0v) is 19.2. The molecule has 0 bridgehead atoms. The molecule has 0 saturated carbocycles. The topological polar surface area (TPSA) is 86.8 Å². The van der Waals surface area contributed by atoms with Gasteiger partial charge in [-0.1, -0.05) is 24.6 Å². The molecule has 1 aromatic heterocycles. The lowest BCUT2D eigenvalue weighted by Crippen LogP contribution is -2.49. The van der Waals surface area contributed by atoms with Crippen molar-refractivity contribution in [1.29, 1.82) is 0 Å². The Labute approximate surface area is 190 Å². The summed E-state index contributed by atoms with van der Waals surface area (Å²) in [6.07, 6.45) is 1.99. The summed E-state index contributed by atoms with van der Waals surface area (Å²) in [6, 6.07) is 11.6. The number of nitrogens with one attached hydrogen (secondary N) is 1. The van der Waals surface area contributed by atoms with Gasteiger partial charge in [0, 0.05) is 35.1 Å². The number of hydrogen-bond acceptors (Lipinski definition) is 5. The van der Waals surface area contributed by atoms with Crippen LogP contribution in [0, 0.1) is 0 Å². The first-order chi connectivity index (χ1) is 15.4. The lowest BCUT2D eigenvalue weighted by Gasteiger charge is -2.33. The van der Waals surface area contributed by atoms with Crippen LogP contribution in [-0.2, 0) is 14.8 Å². The van der Waals surface area contributed by atoms with Gasteiger partial charge in [0.05, 0.1) is 5.69 Å².